The van der Waals surface area contributed by atoms with Crippen molar-refractivity contribution in [2.75, 3.05) is 0 Å². The lowest BCUT2D eigenvalue weighted by Crippen LogP contribution is -2.33. The molecule has 1 unspecified atom stereocenters. The van der Waals surface area contributed by atoms with Crippen LogP contribution in [0, 0.1) is 13.8 Å². The first-order valence-corrected chi connectivity index (χ1v) is 10.7. The van der Waals surface area contributed by atoms with Gasteiger partial charge in [0.15, 0.2) is 5.89 Å². The topological polar surface area (TPSA) is 118 Å². The zero-order valence-electron chi connectivity index (χ0n) is 18.5. The highest BCUT2D eigenvalue weighted by molar-refractivity contribution is 5.87. The first-order valence-electron chi connectivity index (χ1n) is 10.7. The summed E-state index contributed by atoms with van der Waals surface area (Å²) < 4.78 is 7.33. The molecule has 8 nitrogen and oxygen atoms in total. The highest BCUT2D eigenvalue weighted by Crippen LogP contribution is 2.38. The van der Waals surface area contributed by atoms with Gasteiger partial charge >= 0.3 is 11.7 Å². The number of aromatic nitrogens is 3. The third-order valence-corrected chi connectivity index (χ3v) is 5.90. The number of carbonyl (C=O) groups is 1. The quantitative estimate of drug-likeness (QED) is 0.428. The van der Waals surface area contributed by atoms with Gasteiger partial charge in [0, 0.05) is 18.7 Å². The summed E-state index contributed by atoms with van der Waals surface area (Å²) in [7, 11) is 0. The second kappa shape index (κ2) is 8.15. The molecule has 0 fully saturated rings. The van der Waals surface area contributed by atoms with E-state index in [4.69, 9.17) is 4.42 Å². The summed E-state index contributed by atoms with van der Waals surface area (Å²) in [4.78, 5) is 43.9. The third kappa shape index (κ3) is 3.79. The van der Waals surface area contributed by atoms with Gasteiger partial charge in [0.1, 0.15) is 11.5 Å². The van der Waals surface area contributed by atoms with Crippen molar-refractivity contribution in [1.29, 1.82) is 0 Å². The van der Waals surface area contributed by atoms with Crippen LogP contribution in [0.15, 0.2) is 62.7 Å². The molecule has 5 rings (SSSR count). The van der Waals surface area contributed by atoms with Crippen LogP contribution in [0.25, 0.3) is 12.2 Å². The van der Waals surface area contributed by atoms with Crippen molar-refractivity contribution >= 4 is 18.1 Å². The van der Waals surface area contributed by atoms with Crippen LogP contribution in [0.1, 0.15) is 61.4 Å². The molecule has 1 aliphatic rings. The van der Waals surface area contributed by atoms with Crippen molar-refractivity contribution in [3.05, 3.63) is 120 Å². The molecule has 170 valence electrons. The van der Waals surface area contributed by atoms with E-state index in [1.807, 2.05) is 37.3 Å². The molecule has 0 amide bonds. The molecule has 0 saturated heterocycles. The lowest BCUT2D eigenvalue weighted by molar-refractivity contribution is 0.0696. The van der Waals surface area contributed by atoms with E-state index >= 15 is 0 Å². The number of aryl methyl sites for hydroxylation is 2. The average Bonchev–Trinajstić information content (AvgIpc) is 3.10. The molecule has 0 aliphatic heterocycles. The van der Waals surface area contributed by atoms with E-state index in [1.165, 1.54) is 22.9 Å². The smallest absolute Gasteiger partial charge is 0.335 e. The summed E-state index contributed by atoms with van der Waals surface area (Å²) in [6, 6.07) is 12.3. The second-order valence-corrected chi connectivity index (χ2v) is 8.36. The SMILES string of the molecule is Cc1ccc2c(c1)C=Cc1nc(C)oc1C2c1cn(Cc2cccc(C(=O)O)c2)c(=O)[nH]c1=O. The Labute approximate surface area is 193 Å². The zero-order valence-corrected chi connectivity index (χ0v) is 18.5. The molecule has 0 spiro atoms. The number of oxazole rings is 1. The minimum Gasteiger partial charge on any atom is -0.478 e. The van der Waals surface area contributed by atoms with Crippen molar-refractivity contribution in [1.82, 2.24) is 14.5 Å². The Balaban J connectivity index is 1.68. The molecule has 34 heavy (non-hydrogen) atoms. The van der Waals surface area contributed by atoms with Gasteiger partial charge in [0.25, 0.3) is 5.56 Å². The molecule has 0 bridgehead atoms. The van der Waals surface area contributed by atoms with Gasteiger partial charge in [0.05, 0.1) is 18.0 Å². The van der Waals surface area contributed by atoms with Crippen LogP contribution in [0.3, 0.4) is 0 Å². The monoisotopic (exact) mass is 455 g/mol. The van der Waals surface area contributed by atoms with Crippen molar-refractivity contribution in [3.63, 3.8) is 0 Å². The molecule has 2 heterocycles. The number of carboxylic acids is 1. The van der Waals surface area contributed by atoms with Crippen LogP contribution in [0.4, 0.5) is 0 Å². The highest BCUT2D eigenvalue weighted by atomic mass is 16.4. The van der Waals surface area contributed by atoms with E-state index in [0.717, 1.165) is 16.7 Å². The van der Waals surface area contributed by atoms with E-state index in [1.54, 1.807) is 19.1 Å². The maximum absolute atomic E-state index is 13.1. The third-order valence-electron chi connectivity index (χ3n) is 5.90. The standard InChI is InChI=1S/C26H21N3O5/c1-14-6-8-19-17(10-14)7-9-21-23(34-15(2)27-21)22(19)20-13-29(26(33)28-24(20)30)12-16-4-3-5-18(11-16)25(31)32/h3-11,13,22H,12H2,1-2H3,(H,31,32)(H,28,30,33). The summed E-state index contributed by atoms with van der Waals surface area (Å²) in [6.07, 6.45) is 5.34. The number of H-pyrrole nitrogens is 1. The van der Waals surface area contributed by atoms with Crippen molar-refractivity contribution in [3.8, 4) is 0 Å². The molecule has 1 aliphatic carbocycles. The van der Waals surface area contributed by atoms with Gasteiger partial charge in [-0.25, -0.2) is 14.6 Å². The molecule has 1 atom stereocenters. The maximum atomic E-state index is 13.1. The van der Waals surface area contributed by atoms with Crippen LogP contribution in [-0.2, 0) is 6.54 Å². The van der Waals surface area contributed by atoms with Crippen LogP contribution in [0.2, 0.25) is 0 Å². The van der Waals surface area contributed by atoms with Gasteiger partial charge in [-0.3, -0.25) is 14.3 Å². The first-order chi connectivity index (χ1) is 16.3. The number of rotatable bonds is 4. The molecule has 2 aromatic carbocycles. The van der Waals surface area contributed by atoms with E-state index in [-0.39, 0.29) is 12.1 Å². The number of benzene rings is 2. The lowest BCUT2D eigenvalue weighted by atomic mass is 9.87. The summed E-state index contributed by atoms with van der Waals surface area (Å²) in [6.45, 7) is 3.83. The minimum atomic E-state index is -1.05. The van der Waals surface area contributed by atoms with Crippen LogP contribution in [-0.4, -0.2) is 25.6 Å². The van der Waals surface area contributed by atoms with Crippen LogP contribution in [0.5, 0.6) is 0 Å². The largest absolute Gasteiger partial charge is 0.478 e. The van der Waals surface area contributed by atoms with Crippen molar-refractivity contribution in [2.24, 2.45) is 0 Å². The fourth-order valence-corrected chi connectivity index (χ4v) is 4.35. The molecule has 2 N–H and O–H groups in total. The Bertz CT molecular complexity index is 1590. The summed E-state index contributed by atoms with van der Waals surface area (Å²) in [5, 5.41) is 9.28. The Morgan fingerprint density at radius 3 is 2.74 bits per heavy atom. The molecule has 0 saturated carbocycles. The number of aromatic carboxylic acids is 1. The van der Waals surface area contributed by atoms with Gasteiger partial charge in [-0.05, 0) is 41.8 Å². The Morgan fingerprint density at radius 1 is 1.12 bits per heavy atom. The molecule has 4 aromatic rings. The van der Waals surface area contributed by atoms with Gasteiger partial charge < -0.3 is 9.52 Å². The normalized spacial score (nSPS) is 14.4. The minimum absolute atomic E-state index is 0.0950. The fourth-order valence-electron chi connectivity index (χ4n) is 4.35. The number of fused-ring (bicyclic) bond motifs is 2. The Hall–Kier alpha value is -4.46. The molecule has 8 heteroatoms. The highest BCUT2D eigenvalue weighted by Gasteiger charge is 2.30. The average molecular weight is 455 g/mol. The number of hydrogen-bond donors (Lipinski definition) is 2. The van der Waals surface area contributed by atoms with Gasteiger partial charge in [0.2, 0.25) is 0 Å². The molecule has 0 radical (unpaired) electrons. The van der Waals surface area contributed by atoms with Gasteiger partial charge in [-0.15, -0.1) is 0 Å². The number of aromatic amines is 1. The van der Waals surface area contributed by atoms with Gasteiger partial charge in [-0.2, -0.15) is 0 Å². The predicted octanol–water partition coefficient (Wildman–Crippen LogP) is 3.55. The second-order valence-electron chi connectivity index (χ2n) is 8.36. The molecule has 2 aromatic heterocycles. The van der Waals surface area contributed by atoms with E-state index in [2.05, 4.69) is 9.97 Å². The summed E-state index contributed by atoms with van der Waals surface area (Å²) in [5.41, 5.74) is 3.47. The van der Waals surface area contributed by atoms with E-state index in [9.17, 15) is 19.5 Å². The molecular weight excluding hydrogens is 434 g/mol. The fraction of sp³-hybridized carbons (Fsp3) is 0.154. The number of hydrogen-bond acceptors (Lipinski definition) is 5. The van der Waals surface area contributed by atoms with E-state index in [0.29, 0.717) is 28.5 Å². The summed E-state index contributed by atoms with van der Waals surface area (Å²) in [5.74, 6) is -0.629. The number of nitrogens with one attached hydrogen (secondary N) is 1. The van der Waals surface area contributed by atoms with E-state index < -0.39 is 23.1 Å². The number of carboxylic acid groups (broad SMARTS) is 1. The summed E-state index contributed by atoms with van der Waals surface area (Å²) >= 11 is 0. The molecular formula is C26H21N3O5. The lowest BCUT2D eigenvalue weighted by Gasteiger charge is -2.18. The van der Waals surface area contributed by atoms with Crippen LogP contribution >= 0.6 is 0 Å². The van der Waals surface area contributed by atoms with Crippen molar-refractivity contribution in [2.45, 2.75) is 26.3 Å². The number of nitrogens with zero attached hydrogens (tertiary/aromatic N) is 2. The Morgan fingerprint density at radius 2 is 1.94 bits per heavy atom. The maximum Gasteiger partial charge on any atom is 0.335 e. The van der Waals surface area contributed by atoms with Crippen LogP contribution < -0.4 is 11.2 Å². The Kier molecular flexibility index (Phi) is 5.13. The van der Waals surface area contributed by atoms with Crippen molar-refractivity contribution < 1.29 is 14.3 Å². The first kappa shape index (κ1) is 21.4. The predicted molar refractivity (Wildman–Crippen MR) is 126 cm³/mol. The van der Waals surface area contributed by atoms with Gasteiger partial charge in [-0.1, -0.05) is 42.0 Å². The zero-order chi connectivity index (χ0) is 24.0.